The minimum Gasteiger partial charge on any atom is -0.372 e. The van der Waals surface area contributed by atoms with Gasteiger partial charge >= 0.3 is 0 Å². The Morgan fingerprint density at radius 1 is 1.26 bits per heavy atom. The van der Waals surface area contributed by atoms with Gasteiger partial charge in [0, 0.05) is 18.7 Å². The van der Waals surface area contributed by atoms with E-state index in [2.05, 4.69) is 15.0 Å². The van der Waals surface area contributed by atoms with Crippen molar-refractivity contribution in [1.29, 1.82) is 0 Å². The van der Waals surface area contributed by atoms with Crippen LogP contribution in [0.5, 0.6) is 0 Å². The maximum Gasteiger partial charge on any atom is 0.152 e. The Labute approximate surface area is 135 Å². The minimum atomic E-state index is 0.125. The molecule has 0 amide bonds. The van der Waals surface area contributed by atoms with E-state index < -0.39 is 0 Å². The first-order valence-electron chi connectivity index (χ1n) is 7.78. The highest BCUT2D eigenvalue weighted by Crippen LogP contribution is 2.29. The molecule has 0 bridgehead atoms. The first-order valence-corrected chi connectivity index (χ1v) is 7.78. The molecule has 0 aliphatic carbocycles. The van der Waals surface area contributed by atoms with Crippen molar-refractivity contribution in [1.82, 2.24) is 10.1 Å². The van der Waals surface area contributed by atoms with Crippen LogP contribution in [0.4, 0.5) is 5.69 Å². The fraction of sp³-hybridized carbons (Fsp3) is 0.471. The smallest absolute Gasteiger partial charge is 0.152 e. The molecule has 1 aliphatic heterocycles. The number of ether oxygens (including phenoxy) is 1. The normalized spacial score (nSPS) is 21.5. The SMILES string of the molecule is Cc1noc(C)c1-c1cc(C=O)c(N2CC(C)OC(C)C2)cn1. The topological polar surface area (TPSA) is 68.5 Å². The van der Waals surface area contributed by atoms with Gasteiger partial charge in [-0.3, -0.25) is 9.78 Å². The number of carbonyl (C=O) groups excluding carboxylic acids is 1. The van der Waals surface area contributed by atoms with Gasteiger partial charge in [0.2, 0.25) is 0 Å². The molecule has 0 N–H and O–H groups in total. The molecule has 1 saturated heterocycles. The number of aromatic nitrogens is 2. The molecule has 0 radical (unpaired) electrons. The van der Waals surface area contributed by atoms with Gasteiger partial charge in [0.1, 0.15) is 5.76 Å². The number of morpholine rings is 1. The van der Waals surface area contributed by atoms with Crippen molar-refractivity contribution in [3.05, 3.63) is 29.3 Å². The molecule has 23 heavy (non-hydrogen) atoms. The Morgan fingerprint density at radius 2 is 1.96 bits per heavy atom. The second-order valence-electron chi connectivity index (χ2n) is 6.11. The molecule has 0 saturated carbocycles. The fourth-order valence-corrected chi connectivity index (χ4v) is 3.18. The van der Waals surface area contributed by atoms with E-state index >= 15 is 0 Å². The molecular formula is C17H21N3O3. The third-order valence-electron chi connectivity index (χ3n) is 4.09. The van der Waals surface area contributed by atoms with Crippen LogP contribution in [-0.2, 0) is 4.74 Å². The van der Waals surface area contributed by atoms with Crippen LogP contribution in [-0.4, -0.2) is 41.7 Å². The van der Waals surface area contributed by atoms with Gasteiger partial charge in [0.25, 0.3) is 0 Å². The highest BCUT2D eigenvalue weighted by molar-refractivity contribution is 5.86. The Morgan fingerprint density at radius 3 is 2.52 bits per heavy atom. The first-order chi connectivity index (χ1) is 11.0. The van der Waals surface area contributed by atoms with Crippen LogP contribution in [0.25, 0.3) is 11.3 Å². The predicted molar refractivity (Wildman–Crippen MR) is 86.8 cm³/mol. The summed E-state index contributed by atoms with van der Waals surface area (Å²) in [5.74, 6) is 0.702. The van der Waals surface area contributed by atoms with E-state index in [-0.39, 0.29) is 12.2 Å². The minimum absolute atomic E-state index is 0.125. The summed E-state index contributed by atoms with van der Waals surface area (Å²) >= 11 is 0. The summed E-state index contributed by atoms with van der Waals surface area (Å²) in [5.41, 5.74) is 3.80. The molecule has 122 valence electrons. The molecule has 2 atom stereocenters. The maximum atomic E-state index is 11.6. The van der Waals surface area contributed by atoms with E-state index in [1.54, 1.807) is 12.3 Å². The summed E-state index contributed by atoms with van der Waals surface area (Å²) in [6.07, 6.45) is 2.89. The van der Waals surface area contributed by atoms with Gasteiger partial charge in [-0.2, -0.15) is 0 Å². The number of anilines is 1. The van der Waals surface area contributed by atoms with Crippen molar-refractivity contribution in [2.24, 2.45) is 0 Å². The third-order valence-corrected chi connectivity index (χ3v) is 4.09. The number of hydrogen-bond acceptors (Lipinski definition) is 6. The second-order valence-corrected chi connectivity index (χ2v) is 6.11. The maximum absolute atomic E-state index is 11.6. The van der Waals surface area contributed by atoms with Crippen LogP contribution in [0.1, 0.15) is 35.7 Å². The highest BCUT2D eigenvalue weighted by atomic mass is 16.5. The summed E-state index contributed by atoms with van der Waals surface area (Å²) < 4.78 is 10.9. The van der Waals surface area contributed by atoms with Crippen LogP contribution >= 0.6 is 0 Å². The number of rotatable bonds is 3. The van der Waals surface area contributed by atoms with Gasteiger partial charge in [-0.05, 0) is 33.8 Å². The van der Waals surface area contributed by atoms with Gasteiger partial charge in [-0.1, -0.05) is 5.16 Å². The quantitative estimate of drug-likeness (QED) is 0.811. The summed E-state index contributed by atoms with van der Waals surface area (Å²) in [6, 6.07) is 1.81. The highest BCUT2D eigenvalue weighted by Gasteiger charge is 2.25. The Bertz CT molecular complexity index is 696. The molecular weight excluding hydrogens is 294 g/mol. The zero-order valence-electron chi connectivity index (χ0n) is 13.9. The molecule has 1 aliphatic rings. The van der Waals surface area contributed by atoms with Gasteiger partial charge in [0.15, 0.2) is 6.29 Å². The summed E-state index contributed by atoms with van der Waals surface area (Å²) in [4.78, 5) is 18.3. The fourth-order valence-electron chi connectivity index (χ4n) is 3.18. The molecule has 2 aromatic rings. The van der Waals surface area contributed by atoms with Crippen molar-refractivity contribution >= 4 is 12.0 Å². The Hall–Kier alpha value is -2.21. The van der Waals surface area contributed by atoms with Crippen molar-refractivity contribution in [2.75, 3.05) is 18.0 Å². The van der Waals surface area contributed by atoms with Gasteiger partial charge < -0.3 is 14.2 Å². The van der Waals surface area contributed by atoms with Crippen molar-refractivity contribution in [3.8, 4) is 11.3 Å². The zero-order valence-corrected chi connectivity index (χ0v) is 13.9. The Kier molecular flexibility index (Phi) is 4.17. The van der Waals surface area contributed by atoms with Crippen LogP contribution < -0.4 is 4.90 Å². The lowest BCUT2D eigenvalue weighted by Crippen LogP contribution is -2.45. The van der Waals surface area contributed by atoms with Gasteiger partial charge in [-0.15, -0.1) is 0 Å². The molecule has 0 spiro atoms. The average molecular weight is 315 g/mol. The van der Waals surface area contributed by atoms with Gasteiger partial charge in [-0.25, -0.2) is 0 Å². The van der Waals surface area contributed by atoms with E-state index in [9.17, 15) is 4.79 Å². The zero-order chi connectivity index (χ0) is 16.6. The van der Waals surface area contributed by atoms with E-state index in [0.29, 0.717) is 17.0 Å². The molecule has 3 heterocycles. The van der Waals surface area contributed by atoms with Gasteiger partial charge in [0.05, 0.1) is 41.0 Å². The number of hydrogen-bond donors (Lipinski definition) is 0. The number of nitrogens with zero attached hydrogens (tertiary/aromatic N) is 3. The molecule has 1 fully saturated rings. The molecule has 6 heteroatoms. The first kappa shape index (κ1) is 15.7. The average Bonchev–Trinajstić information content (AvgIpc) is 2.84. The number of aryl methyl sites for hydroxylation is 2. The molecule has 3 rings (SSSR count). The monoisotopic (exact) mass is 315 g/mol. The van der Waals surface area contributed by atoms with E-state index in [1.165, 1.54) is 0 Å². The van der Waals surface area contributed by atoms with Crippen molar-refractivity contribution in [3.63, 3.8) is 0 Å². The summed E-state index contributed by atoms with van der Waals surface area (Å²) in [6.45, 7) is 9.28. The van der Waals surface area contributed by atoms with E-state index in [1.807, 2.05) is 27.7 Å². The third kappa shape index (κ3) is 2.99. The predicted octanol–water partition coefficient (Wildman–Crippen LogP) is 2.78. The number of pyridine rings is 1. The largest absolute Gasteiger partial charge is 0.372 e. The Balaban J connectivity index is 1.99. The standard InChI is InChI=1S/C17H21N3O3/c1-10-7-20(8-11(2)22-10)16-6-18-15(5-14(16)9-21)17-12(3)19-23-13(17)4/h5-6,9-11H,7-8H2,1-4H3. The lowest BCUT2D eigenvalue weighted by Gasteiger charge is -2.37. The second kappa shape index (κ2) is 6.12. The molecule has 0 aromatic carbocycles. The lowest BCUT2D eigenvalue weighted by atomic mass is 10.1. The van der Waals surface area contributed by atoms with Crippen LogP contribution in [0.15, 0.2) is 16.8 Å². The summed E-state index contributed by atoms with van der Waals surface area (Å²) in [5, 5.41) is 3.95. The number of aldehydes is 1. The number of carbonyl (C=O) groups is 1. The summed E-state index contributed by atoms with van der Waals surface area (Å²) in [7, 11) is 0. The molecule has 6 nitrogen and oxygen atoms in total. The lowest BCUT2D eigenvalue weighted by molar-refractivity contribution is -0.00527. The van der Waals surface area contributed by atoms with Crippen LogP contribution in [0, 0.1) is 13.8 Å². The molecule has 2 unspecified atom stereocenters. The molecule has 2 aromatic heterocycles. The van der Waals surface area contributed by atoms with E-state index in [4.69, 9.17) is 9.26 Å². The van der Waals surface area contributed by atoms with Crippen LogP contribution in [0.3, 0.4) is 0 Å². The van der Waals surface area contributed by atoms with Crippen LogP contribution in [0.2, 0.25) is 0 Å². The van der Waals surface area contributed by atoms with E-state index in [0.717, 1.165) is 36.3 Å². The van der Waals surface area contributed by atoms with Crippen molar-refractivity contribution < 1.29 is 14.1 Å². The van der Waals surface area contributed by atoms with Crippen molar-refractivity contribution in [2.45, 2.75) is 39.9 Å².